The van der Waals surface area contributed by atoms with Gasteiger partial charge in [-0.25, -0.2) is 0 Å². The SMILES string of the molecule is C=Nc1ccccc1C(NC)c1ccc2ccccc2c1.Cn1c2ccccc2c2c3oc4c5ccccc5ccc4c3ccc21. The summed E-state index contributed by atoms with van der Waals surface area (Å²) in [7, 11) is 4.09. The Bertz CT molecular complexity index is 2570. The first-order chi connectivity index (χ1) is 22.7. The Balaban J connectivity index is 0.000000138. The van der Waals surface area contributed by atoms with Gasteiger partial charge in [0.2, 0.25) is 0 Å². The summed E-state index contributed by atoms with van der Waals surface area (Å²) in [4.78, 5) is 4.14. The molecule has 4 nitrogen and oxygen atoms in total. The Morgan fingerprint density at radius 3 is 2.09 bits per heavy atom. The summed E-state index contributed by atoms with van der Waals surface area (Å²) in [6.07, 6.45) is 0. The maximum Gasteiger partial charge on any atom is 0.145 e. The number of aliphatic imine (C=N–C) groups is 1. The average molecular weight is 596 g/mol. The smallest absolute Gasteiger partial charge is 0.145 e. The molecule has 0 saturated heterocycles. The van der Waals surface area contributed by atoms with Crippen molar-refractivity contribution in [2.24, 2.45) is 12.0 Å². The Labute approximate surface area is 267 Å². The third kappa shape index (κ3) is 4.46. The van der Waals surface area contributed by atoms with E-state index in [1.165, 1.54) is 59.7 Å². The number of hydrogen-bond acceptors (Lipinski definition) is 3. The maximum atomic E-state index is 6.49. The van der Waals surface area contributed by atoms with Crippen LogP contribution in [0.4, 0.5) is 5.69 Å². The van der Waals surface area contributed by atoms with Crippen molar-refractivity contribution in [3.8, 4) is 0 Å². The molecule has 1 unspecified atom stereocenters. The number of hydrogen-bond donors (Lipinski definition) is 1. The summed E-state index contributed by atoms with van der Waals surface area (Å²) in [6.45, 7) is 3.67. The molecule has 0 aliphatic rings. The van der Waals surface area contributed by atoms with Gasteiger partial charge in [-0.2, -0.15) is 0 Å². The van der Waals surface area contributed by atoms with Gasteiger partial charge >= 0.3 is 0 Å². The van der Waals surface area contributed by atoms with Crippen molar-refractivity contribution in [3.05, 3.63) is 151 Å². The first kappa shape index (κ1) is 27.8. The van der Waals surface area contributed by atoms with Gasteiger partial charge < -0.3 is 14.3 Å². The molecule has 4 heteroatoms. The molecule has 9 aromatic rings. The molecule has 222 valence electrons. The van der Waals surface area contributed by atoms with Gasteiger partial charge in [0.15, 0.2) is 0 Å². The predicted molar refractivity (Wildman–Crippen MR) is 196 cm³/mol. The lowest BCUT2D eigenvalue weighted by Gasteiger charge is -2.19. The van der Waals surface area contributed by atoms with Crippen LogP contribution in [0.1, 0.15) is 17.2 Å². The van der Waals surface area contributed by atoms with Crippen LogP contribution in [-0.4, -0.2) is 18.3 Å². The molecule has 46 heavy (non-hydrogen) atoms. The predicted octanol–water partition coefficient (Wildman–Crippen LogP) is 10.9. The molecule has 1 atom stereocenters. The number of benzene rings is 7. The Morgan fingerprint density at radius 2 is 1.26 bits per heavy atom. The molecule has 0 fully saturated rings. The number of aryl methyl sites for hydroxylation is 1. The number of nitrogens with zero attached hydrogens (tertiary/aromatic N) is 2. The largest absolute Gasteiger partial charge is 0.455 e. The van der Waals surface area contributed by atoms with Gasteiger partial charge in [0.1, 0.15) is 11.2 Å². The van der Waals surface area contributed by atoms with E-state index in [1.807, 2.05) is 25.2 Å². The second-order valence-corrected chi connectivity index (χ2v) is 11.7. The van der Waals surface area contributed by atoms with Gasteiger partial charge in [-0.05, 0) is 77.4 Å². The van der Waals surface area contributed by atoms with Crippen molar-refractivity contribution in [2.45, 2.75) is 6.04 Å². The van der Waals surface area contributed by atoms with E-state index in [-0.39, 0.29) is 6.04 Å². The Kier molecular flexibility index (Phi) is 6.85. The molecule has 0 aliphatic heterocycles. The molecule has 0 radical (unpaired) electrons. The quantitative estimate of drug-likeness (QED) is 0.206. The number of furan rings is 1. The van der Waals surface area contributed by atoms with E-state index in [0.717, 1.165) is 22.4 Å². The lowest BCUT2D eigenvalue weighted by molar-refractivity contribution is 0.676. The second kappa shape index (κ2) is 11.3. The molecule has 0 bridgehead atoms. The van der Waals surface area contributed by atoms with Gasteiger partial charge in [-0.15, -0.1) is 0 Å². The molecule has 1 N–H and O–H groups in total. The van der Waals surface area contributed by atoms with Crippen LogP contribution in [0.3, 0.4) is 0 Å². The van der Waals surface area contributed by atoms with Crippen molar-refractivity contribution in [3.63, 3.8) is 0 Å². The number of para-hydroxylation sites is 2. The molecule has 2 heterocycles. The number of nitrogens with one attached hydrogen (secondary N) is 1. The molecule has 0 saturated carbocycles. The highest BCUT2D eigenvalue weighted by Crippen LogP contribution is 2.40. The minimum absolute atomic E-state index is 0.108. The van der Waals surface area contributed by atoms with E-state index in [4.69, 9.17) is 4.42 Å². The van der Waals surface area contributed by atoms with Crippen molar-refractivity contribution in [2.75, 3.05) is 7.05 Å². The van der Waals surface area contributed by atoms with E-state index in [0.29, 0.717) is 0 Å². The van der Waals surface area contributed by atoms with Crippen molar-refractivity contribution in [1.82, 2.24) is 9.88 Å². The fourth-order valence-electron chi connectivity index (χ4n) is 6.97. The Morgan fingerprint density at radius 1 is 0.609 bits per heavy atom. The summed E-state index contributed by atoms with van der Waals surface area (Å²) in [5, 5.41) is 13.1. The molecule has 9 rings (SSSR count). The summed E-state index contributed by atoms with van der Waals surface area (Å²) in [5.41, 5.74) is 7.70. The van der Waals surface area contributed by atoms with Gasteiger partial charge in [-0.3, -0.25) is 4.99 Å². The van der Waals surface area contributed by atoms with E-state index >= 15 is 0 Å². The van der Waals surface area contributed by atoms with E-state index in [2.05, 4.69) is 150 Å². The fourth-order valence-corrected chi connectivity index (χ4v) is 6.97. The maximum absolute atomic E-state index is 6.49. The normalized spacial score (nSPS) is 12.2. The first-order valence-corrected chi connectivity index (χ1v) is 15.6. The third-order valence-electron chi connectivity index (χ3n) is 9.22. The highest BCUT2D eigenvalue weighted by atomic mass is 16.3. The number of fused-ring (bicyclic) bond motifs is 10. The molecule has 0 spiro atoms. The lowest BCUT2D eigenvalue weighted by atomic mass is 9.95. The molecule has 7 aromatic carbocycles. The van der Waals surface area contributed by atoms with Crippen LogP contribution in [0.5, 0.6) is 0 Å². The highest BCUT2D eigenvalue weighted by Gasteiger charge is 2.18. The fraction of sp³-hybridized carbons (Fsp3) is 0.0714. The van der Waals surface area contributed by atoms with Crippen LogP contribution in [0.25, 0.3) is 65.3 Å². The van der Waals surface area contributed by atoms with E-state index in [9.17, 15) is 0 Å². The molecule has 0 aliphatic carbocycles. The standard InChI is InChI=1S/C23H15NO.C19H18N2/c1-24-19-9-5-4-8-18(19)21-20(24)13-12-17-16-11-10-14-6-2-3-7-15(14)22(16)25-23(17)21;1-20-18-10-6-5-9-17(18)19(21-2)16-12-11-14-7-3-4-8-15(14)13-16/h2-13H,1H3;3-13,19,21H,1H2,2H3. The van der Waals surface area contributed by atoms with Gasteiger partial charge in [0, 0.05) is 34.1 Å². The van der Waals surface area contributed by atoms with Crippen molar-refractivity contribution in [1.29, 1.82) is 0 Å². The average Bonchev–Trinajstić information content (AvgIpc) is 3.64. The van der Waals surface area contributed by atoms with Crippen molar-refractivity contribution < 1.29 is 4.42 Å². The molecule has 0 amide bonds. The van der Waals surface area contributed by atoms with Crippen LogP contribution in [0.2, 0.25) is 0 Å². The second-order valence-electron chi connectivity index (χ2n) is 11.7. The lowest BCUT2D eigenvalue weighted by Crippen LogP contribution is -2.17. The summed E-state index contributed by atoms with van der Waals surface area (Å²) in [6, 6.07) is 48.9. The van der Waals surface area contributed by atoms with Gasteiger partial charge in [0.25, 0.3) is 0 Å². The Hall–Kier alpha value is -5.71. The summed E-state index contributed by atoms with van der Waals surface area (Å²) in [5.74, 6) is 0. The first-order valence-electron chi connectivity index (χ1n) is 15.6. The zero-order chi connectivity index (χ0) is 31.2. The van der Waals surface area contributed by atoms with Gasteiger partial charge in [-0.1, -0.05) is 103 Å². The molecular formula is C42H33N3O. The minimum Gasteiger partial charge on any atom is -0.455 e. The van der Waals surface area contributed by atoms with Crippen LogP contribution >= 0.6 is 0 Å². The zero-order valence-corrected chi connectivity index (χ0v) is 25.9. The summed E-state index contributed by atoms with van der Waals surface area (Å²) < 4.78 is 8.73. The van der Waals surface area contributed by atoms with Crippen LogP contribution in [0, 0.1) is 0 Å². The van der Waals surface area contributed by atoms with Crippen LogP contribution in [0.15, 0.2) is 149 Å². The minimum atomic E-state index is 0.108. The number of rotatable bonds is 4. The summed E-state index contributed by atoms with van der Waals surface area (Å²) >= 11 is 0. The van der Waals surface area contributed by atoms with Gasteiger partial charge in [0.05, 0.1) is 22.6 Å². The zero-order valence-electron chi connectivity index (χ0n) is 25.9. The third-order valence-corrected chi connectivity index (χ3v) is 9.22. The van der Waals surface area contributed by atoms with E-state index in [1.54, 1.807) is 0 Å². The topological polar surface area (TPSA) is 42.5 Å². The molecular weight excluding hydrogens is 562 g/mol. The number of aromatic nitrogens is 1. The van der Waals surface area contributed by atoms with Crippen LogP contribution in [-0.2, 0) is 7.05 Å². The highest BCUT2D eigenvalue weighted by molar-refractivity contribution is 6.25. The monoisotopic (exact) mass is 595 g/mol. The molecule has 2 aromatic heterocycles. The van der Waals surface area contributed by atoms with E-state index < -0.39 is 0 Å². The van der Waals surface area contributed by atoms with Crippen molar-refractivity contribution >= 4 is 77.7 Å². The van der Waals surface area contributed by atoms with Crippen LogP contribution < -0.4 is 5.32 Å².